The molecule has 0 aromatic heterocycles. The van der Waals surface area contributed by atoms with Crippen molar-refractivity contribution in [2.24, 2.45) is 5.92 Å². The van der Waals surface area contributed by atoms with Crippen LogP contribution < -0.4 is 24.8 Å². The minimum atomic E-state index is -0.761. The SMILES string of the molecule is COCCNC(=O)C(NC(=O)c1ccc2c(c1)OCO2)C1CCN(C(=O)c2ccccc2OC)CC1. The number of nitrogens with zero attached hydrogens (tertiary/aromatic N) is 1. The maximum absolute atomic E-state index is 13.1. The van der Waals surface area contributed by atoms with Crippen LogP contribution in [0.15, 0.2) is 42.5 Å². The fourth-order valence-electron chi connectivity index (χ4n) is 4.47. The average Bonchev–Trinajstić information content (AvgIpc) is 3.39. The number of fused-ring (bicyclic) bond motifs is 1. The smallest absolute Gasteiger partial charge is 0.257 e. The van der Waals surface area contributed by atoms with E-state index in [2.05, 4.69) is 10.6 Å². The van der Waals surface area contributed by atoms with Gasteiger partial charge in [0.25, 0.3) is 11.8 Å². The standard InChI is InChI=1S/C26H31N3O7/c1-33-14-11-27-25(31)23(28-24(30)18-7-8-21-22(15-18)36-16-35-21)17-9-12-29(13-10-17)26(32)19-5-3-4-6-20(19)34-2/h3-8,15,17,23H,9-14,16H2,1-2H3,(H,27,31)(H,28,30). The minimum absolute atomic E-state index is 0.108. The molecule has 10 heteroatoms. The van der Waals surface area contributed by atoms with E-state index in [9.17, 15) is 14.4 Å². The first kappa shape index (κ1) is 25.3. The number of methoxy groups -OCH3 is 2. The summed E-state index contributed by atoms with van der Waals surface area (Å²) < 4.78 is 21.0. The molecule has 1 atom stereocenters. The first-order valence-electron chi connectivity index (χ1n) is 11.9. The fraction of sp³-hybridized carbons (Fsp3) is 0.423. The van der Waals surface area contributed by atoms with Gasteiger partial charge in [0.2, 0.25) is 12.7 Å². The second kappa shape index (κ2) is 11.8. The second-order valence-electron chi connectivity index (χ2n) is 8.63. The van der Waals surface area contributed by atoms with Crippen LogP contribution in [-0.2, 0) is 9.53 Å². The summed E-state index contributed by atoms with van der Waals surface area (Å²) in [4.78, 5) is 41.0. The zero-order valence-corrected chi connectivity index (χ0v) is 20.5. The van der Waals surface area contributed by atoms with Crippen LogP contribution in [0, 0.1) is 5.92 Å². The molecule has 4 rings (SSSR count). The summed E-state index contributed by atoms with van der Waals surface area (Å²) in [6.45, 7) is 1.72. The average molecular weight is 498 g/mol. The monoisotopic (exact) mass is 497 g/mol. The molecule has 10 nitrogen and oxygen atoms in total. The fourth-order valence-corrected chi connectivity index (χ4v) is 4.47. The van der Waals surface area contributed by atoms with Crippen LogP contribution in [0.4, 0.5) is 0 Å². The number of hydrogen-bond acceptors (Lipinski definition) is 7. The minimum Gasteiger partial charge on any atom is -0.496 e. The van der Waals surface area contributed by atoms with Crippen molar-refractivity contribution in [3.63, 3.8) is 0 Å². The van der Waals surface area contributed by atoms with Crippen LogP contribution in [0.1, 0.15) is 33.6 Å². The van der Waals surface area contributed by atoms with E-state index < -0.39 is 6.04 Å². The summed E-state index contributed by atoms with van der Waals surface area (Å²) in [6, 6.07) is 11.3. The lowest BCUT2D eigenvalue weighted by Crippen LogP contribution is -2.54. The van der Waals surface area contributed by atoms with E-state index in [1.165, 1.54) is 7.11 Å². The molecular formula is C26H31N3O7. The van der Waals surface area contributed by atoms with Crippen LogP contribution >= 0.6 is 0 Å². The highest BCUT2D eigenvalue weighted by molar-refractivity contribution is 5.98. The van der Waals surface area contributed by atoms with E-state index in [1.807, 2.05) is 6.07 Å². The van der Waals surface area contributed by atoms with Crippen LogP contribution in [-0.4, -0.2) is 75.9 Å². The molecule has 0 spiro atoms. The summed E-state index contributed by atoms with van der Waals surface area (Å²) >= 11 is 0. The third-order valence-electron chi connectivity index (χ3n) is 6.44. The van der Waals surface area contributed by atoms with Gasteiger partial charge in [-0.2, -0.15) is 0 Å². The number of likely N-dealkylation sites (tertiary alicyclic amines) is 1. The highest BCUT2D eigenvalue weighted by Crippen LogP contribution is 2.32. The molecule has 0 aliphatic carbocycles. The quantitative estimate of drug-likeness (QED) is 0.508. The topological polar surface area (TPSA) is 115 Å². The predicted molar refractivity (Wildman–Crippen MR) is 130 cm³/mol. The van der Waals surface area contributed by atoms with E-state index in [0.29, 0.717) is 67.5 Å². The Balaban J connectivity index is 1.44. The number of ether oxygens (including phenoxy) is 4. The molecule has 3 amide bonds. The normalized spacial score (nSPS) is 15.8. The molecule has 36 heavy (non-hydrogen) atoms. The zero-order valence-electron chi connectivity index (χ0n) is 20.5. The molecule has 2 N–H and O–H groups in total. The molecule has 1 unspecified atom stereocenters. The molecule has 2 heterocycles. The second-order valence-corrected chi connectivity index (χ2v) is 8.63. The van der Waals surface area contributed by atoms with Gasteiger partial charge in [-0.25, -0.2) is 0 Å². The van der Waals surface area contributed by atoms with Crippen molar-refractivity contribution in [1.82, 2.24) is 15.5 Å². The Kier molecular flexibility index (Phi) is 8.27. The number of amides is 3. The molecule has 192 valence electrons. The van der Waals surface area contributed by atoms with E-state index >= 15 is 0 Å². The molecular weight excluding hydrogens is 466 g/mol. The van der Waals surface area contributed by atoms with Gasteiger partial charge in [-0.3, -0.25) is 14.4 Å². The Hall–Kier alpha value is -3.79. The Morgan fingerprint density at radius 2 is 1.81 bits per heavy atom. The largest absolute Gasteiger partial charge is 0.496 e. The molecule has 0 bridgehead atoms. The van der Waals surface area contributed by atoms with Gasteiger partial charge >= 0.3 is 0 Å². The van der Waals surface area contributed by atoms with Gasteiger partial charge < -0.3 is 34.5 Å². The number of benzene rings is 2. The lowest BCUT2D eigenvalue weighted by atomic mass is 9.88. The van der Waals surface area contributed by atoms with Gasteiger partial charge in [-0.15, -0.1) is 0 Å². The van der Waals surface area contributed by atoms with E-state index in [1.54, 1.807) is 48.4 Å². The lowest BCUT2D eigenvalue weighted by molar-refractivity contribution is -0.124. The van der Waals surface area contributed by atoms with Crippen LogP contribution in [0.3, 0.4) is 0 Å². The first-order valence-corrected chi connectivity index (χ1v) is 11.9. The summed E-state index contributed by atoms with van der Waals surface area (Å²) in [5.41, 5.74) is 0.876. The van der Waals surface area contributed by atoms with E-state index in [0.717, 1.165) is 0 Å². The summed E-state index contributed by atoms with van der Waals surface area (Å²) in [7, 11) is 3.09. The molecule has 2 aromatic carbocycles. The van der Waals surface area contributed by atoms with Crippen molar-refractivity contribution >= 4 is 17.7 Å². The molecule has 2 aliphatic rings. The Morgan fingerprint density at radius 3 is 2.56 bits per heavy atom. The van der Waals surface area contributed by atoms with Crippen molar-refractivity contribution in [1.29, 1.82) is 0 Å². The molecule has 0 saturated carbocycles. The number of carbonyl (C=O) groups is 3. The van der Waals surface area contributed by atoms with Gasteiger partial charge in [0.15, 0.2) is 11.5 Å². The van der Waals surface area contributed by atoms with Crippen LogP contribution in [0.25, 0.3) is 0 Å². The number of hydrogen-bond donors (Lipinski definition) is 2. The van der Waals surface area contributed by atoms with Crippen LogP contribution in [0.5, 0.6) is 17.2 Å². The third kappa shape index (κ3) is 5.71. The summed E-state index contributed by atoms with van der Waals surface area (Å²) in [5, 5.41) is 5.74. The zero-order chi connectivity index (χ0) is 25.5. The Bertz CT molecular complexity index is 1100. The van der Waals surface area contributed by atoms with Crippen molar-refractivity contribution in [2.45, 2.75) is 18.9 Å². The number of piperidine rings is 1. The molecule has 1 saturated heterocycles. The number of nitrogens with one attached hydrogen (secondary N) is 2. The van der Waals surface area contributed by atoms with Crippen molar-refractivity contribution in [3.8, 4) is 17.2 Å². The number of carbonyl (C=O) groups excluding carboxylic acids is 3. The molecule has 2 aromatic rings. The first-order chi connectivity index (χ1) is 17.5. The number of rotatable bonds is 9. The van der Waals surface area contributed by atoms with E-state index in [4.69, 9.17) is 18.9 Å². The van der Waals surface area contributed by atoms with Gasteiger partial charge in [-0.1, -0.05) is 12.1 Å². The molecule has 1 fully saturated rings. The molecule has 0 radical (unpaired) electrons. The van der Waals surface area contributed by atoms with E-state index in [-0.39, 0.29) is 30.4 Å². The number of para-hydroxylation sites is 1. The summed E-state index contributed by atoms with van der Waals surface area (Å²) in [5.74, 6) is 0.669. The van der Waals surface area contributed by atoms with Gasteiger partial charge in [0, 0.05) is 32.3 Å². The summed E-state index contributed by atoms with van der Waals surface area (Å²) in [6.07, 6.45) is 1.12. The maximum atomic E-state index is 13.1. The molecule has 2 aliphatic heterocycles. The van der Waals surface area contributed by atoms with Crippen molar-refractivity contribution < 1.29 is 33.3 Å². The van der Waals surface area contributed by atoms with Gasteiger partial charge in [0.1, 0.15) is 11.8 Å². The highest BCUT2D eigenvalue weighted by Gasteiger charge is 2.34. The van der Waals surface area contributed by atoms with Crippen molar-refractivity contribution in [3.05, 3.63) is 53.6 Å². The van der Waals surface area contributed by atoms with Gasteiger partial charge in [-0.05, 0) is 49.1 Å². The van der Waals surface area contributed by atoms with Crippen LogP contribution in [0.2, 0.25) is 0 Å². The third-order valence-corrected chi connectivity index (χ3v) is 6.44. The predicted octanol–water partition coefficient (Wildman–Crippen LogP) is 1.84. The van der Waals surface area contributed by atoms with Crippen molar-refractivity contribution in [2.75, 3.05) is 47.3 Å². The van der Waals surface area contributed by atoms with Gasteiger partial charge in [0.05, 0.1) is 19.3 Å². The highest BCUT2D eigenvalue weighted by atomic mass is 16.7. The maximum Gasteiger partial charge on any atom is 0.257 e. The lowest BCUT2D eigenvalue weighted by Gasteiger charge is -2.36. The Morgan fingerprint density at radius 1 is 1.06 bits per heavy atom. The Labute approximate surface area is 209 Å².